The molecule has 100 valence electrons. The average Bonchev–Trinajstić information content (AvgIpc) is 2.30. The van der Waals surface area contributed by atoms with Gasteiger partial charge >= 0.3 is 0 Å². The Kier molecular flexibility index (Phi) is 4.59. The molecular formula is C14H28N2O. The van der Waals surface area contributed by atoms with Crippen LogP contribution in [0, 0.1) is 11.8 Å². The van der Waals surface area contributed by atoms with E-state index in [4.69, 9.17) is 5.73 Å². The average molecular weight is 240 g/mol. The van der Waals surface area contributed by atoms with E-state index >= 15 is 0 Å². The van der Waals surface area contributed by atoms with Gasteiger partial charge < -0.3 is 10.6 Å². The Balaban J connectivity index is 2.74. The fourth-order valence-corrected chi connectivity index (χ4v) is 2.47. The molecule has 1 amide bonds. The maximum atomic E-state index is 12.5. The third-order valence-electron chi connectivity index (χ3n) is 4.59. The molecule has 17 heavy (non-hydrogen) atoms. The van der Waals surface area contributed by atoms with Crippen molar-refractivity contribution in [2.45, 2.75) is 65.0 Å². The first-order valence-corrected chi connectivity index (χ1v) is 6.82. The number of nitrogens with zero attached hydrogens (tertiary/aromatic N) is 1. The van der Waals surface area contributed by atoms with Crippen molar-refractivity contribution >= 4 is 5.91 Å². The maximum absolute atomic E-state index is 12.5. The number of nitrogens with two attached hydrogens (primary N) is 1. The van der Waals surface area contributed by atoms with Gasteiger partial charge in [-0.15, -0.1) is 0 Å². The molecule has 1 saturated carbocycles. The summed E-state index contributed by atoms with van der Waals surface area (Å²) in [6, 6.07) is 0.0498. The molecular weight excluding hydrogens is 212 g/mol. The van der Waals surface area contributed by atoms with Crippen molar-refractivity contribution in [1.82, 2.24) is 4.90 Å². The quantitative estimate of drug-likeness (QED) is 0.823. The largest absolute Gasteiger partial charge is 0.340 e. The fourth-order valence-electron chi connectivity index (χ4n) is 2.47. The second kappa shape index (κ2) is 5.38. The molecule has 0 aromatic heterocycles. The molecule has 3 heteroatoms. The predicted molar refractivity (Wildman–Crippen MR) is 71.6 cm³/mol. The summed E-state index contributed by atoms with van der Waals surface area (Å²) in [5.41, 5.74) is 6.05. The Labute approximate surface area is 106 Å². The third-order valence-corrected chi connectivity index (χ3v) is 4.59. The van der Waals surface area contributed by atoms with Crippen LogP contribution < -0.4 is 5.73 Å². The molecule has 0 bridgehead atoms. The molecule has 1 fully saturated rings. The number of carbonyl (C=O) groups excluding carboxylic acids is 1. The normalized spacial score (nSPS) is 30.1. The van der Waals surface area contributed by atoms with Crippen molar-refractivity contribution in [3.8, 4) is 0 Å². The zero-order valence-corrected chi connectivity index (χ0v) is 12.0. The Hall–Kier alpha value is -0.570. The first-order chi connectivity index (χ1) is 7.79. The zero-order valence-electron chi connectivity index (χ0n) is 12.0. The molecule has 0 aromatic rings. The van der Waals surface area contributed by atoms with Crippen LogP contribution in [0.25, 0.3) is 0 Å². The molecule has 0 radical (unpaired) electrons. The van der Waals surface area contributed by atoms with Gasteiger partial charge in [0.05, 0.1) is 5.92 Å². The molecule has 2 N–H and O–H groups in total. The molecule has 0 aromatic carbocycles. The number of rotatable bonds is 3. The molecule has 3 atom stereocenters. The summed E-state index contributed by atoms with van der Waals surface area (Å²) >= 11 is 0. The third kappa shape index (κ3) is 3.21. The summed E-state index contributed by atoms with van der Waals surface area (Å²) in [5, 5.41) is 0. The van der Waals surface area contributed by atoms with Crippen molar-refractivity contribution in [3.63, 3.8) is 0 Å². The fraction of sp³-hybridized carbons (Fsp3) is 0.929. The van der Waals surface area contributed by atoms with Crippen LogP contribution in [0.2, 0.25) is 0 Å². The van der Waals surface area contributed by atoms with Crippen LogP contribution in [0.5, 0.6) is 0 Å². The smallest absolute Gasteiger partial charge is 0.227 e. The highest BCUT2D eigenvalue weighted by Crippen LogP contribution is 2.31. The summed E-state index contributed by atoms with van der Waals surface area (Å²) in [6.07, 6.45) is 4.06. The Morgan fingerprint density at radius 1 is 1.41 bits per heavy atom. The second-order valence-corrected chi connectivity index (χ2v) is 6.25. The standard InChI is InChI=1S/C14H28N2O/c1-6-14(3,4)16(5)13(17)11-9-10(2)7-8-12(11)15/h10-12H,6-9,15H2,1-5H3. The Morgan fingerprint density at radius 3 is 2.53 bits per heavy atom. The number of hydrogen-bond acceptors (Lipinski definition) is 2. The van der Waals surface area contributed by atoms with E-state index in [1.54, 1.807) is 0 Å². The lowest BCUT2D eigenvalue weighted by atomic mass is 9.78. The van der Waals surface area contributed by atoms with E-state index in [-0.39, 0.29) is 23.4 Å². The lowest BCUT2D eigenvalue weighted by Gasteiger charge is -2.40. The van der Waals surface area contributed by atoms with E-state index < -0.39 is 0 Å². The highest BCUT2D eigenvalue weighted by atomic mass is 16.2. The number of carbonyl (C=O) groups is 1. The van der Waals surface area contributed by atoms with Crippen LogP contribution >= 0.6 is 0 Å². The number of amides is 1. The van der Waals surface area contributed by atoms with Gasteiger partial charge in [-0.2, -0.15) is 0 Å². The molecule has 0 saturated heterocycles. The van der Waals surface area contributed by atoms with E-state index in [1.165, 1.54) is 0 Å². The van der Waals surface area contributed by atoms with Gasteiger partial charge in [0.2, 0.25) is 5.91 Å². The van der Waals surface area contributed by atoms with Gasteiger partial charge in [0.1, 0.15) is 0 Å². The summed E-state index contributed by atoms with van der Waals surface area (Å²) in [7, 11) is 1.91. The minimum atomic E-state index is -0.0719. The van der Waals surface area contributed by atoms with Gasteiger partial charge in [-0.25, -0.2) is 0 Å². The molecule has 3 unspecified atom stereocenters. The van der Waals surface area contributed by atoms with Crippen molar-refractivity contribution in [3.05, 3.63) is 0 Å². The second-order valence-electron chi connectivity index (χ2n) is 6.25. The summed E-state index contributed by atoms with van der Waals surface area (Å²) in [5.74, 6) is 0.882. The van der Waals surface area contributed by atoms with Gasteiger partial charge in [0, 0.05) is 18.6 Å². The van der Waals surface area contributed by atoms with Crippen molar-refractivity contribution < 1.29 is 4.79 Å². The van der Waals surface area contributed by atoms with Crippen LogP contribution in [0.15, 0.2) is 0 Å². The van der Waals surface area contributed by atoms with Crippen molar-refractivity contribution in [2.75, 3.05) is 7.05 Å². The van der Waals surface area contributed by atoms with Gasteiger partial charge in [0.25, 0.3) is 0 Å². The van der Waals surface area contributed by atoms with Crippen LogP contribution in [0.1, 0.15) is 53.4 Å². The molecule has 3 nitrogen and oxygen atoms in total. The van der Waals surface area contributed by atoms with E-state index in [0.717, 1.165) is 25.7 Å². The Morgan fingerprint density at radius 2 is 2.00 bits per heavy atom. The highest BCUT2D eigenvalue weighted by Gasteiger charge is 2.36. The van der Waals surface area contributed by atoms with Crippen LogP contribution in [-0.2, 0) is 4.79 Å². The van der Waals surface area contributed by atoms with Crippen LogP contribution in [-0.4, -0.2) is 29.4 Å². The van der Waals surface area contributed by atoms with E-state index in [1.807, 2.05) is 11.9 Å². The van der Waals surface area contributed by atoms with Gasteiger partial charge in [-0.3, -0.25) is 4.79 Å². The molecule has 1 rings (SSSR count). The number of hydrogen-bond donors (Lipinski definition) is 1. The van der Waals surface area contributed by atoms with Gasteiger partial charge in [0.15, 0.2) is 0 Å². The first kappa shape index (κ1) is 14.5. The van der Waals surface area contributed by atoms with Gasteiger partial charge in [-0.05, 0) is 45.4 Å². The van der Waals surface area contributed by atoms with Crippen LogP contribution in [0.4, 0.5) is 0 Å². The molecule has 0 aliphatic heterocycles. The Bertz CT molecular complexity index is 275. The minimum Gasteiger partial charge on any atom is -0.340 e. The first-order valence-electron chi connectivity index (χ1n) is 6.82. The van der Waals surface area contributed by atoms with Gasteiger partial charge in [-0.1, -0.05) is 13.8 Å². The molecule has 1 aliphatic rings. The summed E-state index contributed by atoms with van der Waals surface area (Å²) < 4.78 is 0. The minimum absolute atomic E-state index is 0.0228. The molecule has 0 spiro atoms. The van der Waals surface area contributed by atoms with E-state index in [0.29, 0.717) is 5.92 Å². The van der Waals surface area contributed by atoms with E-state index in [2.05, 4.69) is 27.7 Å². The highest BCUT2D eigenvalue weighted by molar-refractivity contribution is 5.80. The molecule has 1 aliphatic carbocycles. The zero-order chi connectivity index (χ0) is 13.2. The van der Waals surface area contributed by atoms with Crippen molar-refractivity contribution in [2.24, 2.45) is 17.6 Å². The van der Waals surface area contributed by atoms with E-state index in [9.17, 15) is 4.79 Å². The summed E-state index contributed by atoms with van der Waals surface area (Å²) in [4.78, 5) is 14.4. The van der Waals surface area contributed by atoms with Crippen molar-refractivity contribution in [1.29, 1.82) is 0 Å². The monoisotopic (exact) mass is 240 g/mol. The maximum Gasteiger partial charge on any atom is 0.227 e. The van der Waals surface area contributed by atoms with Crippen LogP contribution in [0.3, 0.4) is 0 Å². The lowest BCUT2D eigenvalue weighted by molar-refractivity contribution is -0.141. The summed E-state index contributed by atoms with van der Waals surface area (Å²) in [6.45, 7) is 8.57. The topological polar surface area (TPSA) is 46.3 Å². The lowest BCUT2D eigenvalue weighted by Crippen LogP contribution is -2.52. The predicted octanol–water partition coefficient (Wildman–Crippen LogP) is 2.40. The SMILES string of the molecule is CCC(C)(C)N(C)C(=O)C1CC(C)CCC1N. The molecule has 0 heterocycles.